The Balaban J connectivity index is 1.57. The molecule has 0 radical (unpaired) electrons. The summed E-state index contributed by atoms with van der Waals surface area (Å²) in [6.07, 6.45) is -14.4. The fourth-order valence-corrected chi connectivity index (χ4v) is 6.01. The Kier molecular flexibility index (Phi) is 7.85. The summed E-state index contributed by atoms with van der Waals surface area (Å²) in [7, 11) is 0. The van der Waals surface area contributed by atoms with Crippen molar-refractivity contribution < 1.29 is 54.2 Å². The van der Waals surface area contributed by atoms with Gasteiger partial charge in [0.1, 0.15) is 11.8 Å². The smallest absolute Gasteiger partial charge is 0.480 e. The number of aliphatic carboxylic acids is 1. The molecule has 4 unspecified atom stereocenters. The first-order valence-corrected chi connectivity index (χ1v) is 12.0. The van der Waals surface area contributed by atoms with E-state index in [0.29, 0.717) is 17.7 Å². The molecule has 15 heteroatoms. The maximum absolute atomic E-state index is 13.5. The van der Waals surface area contributed by atoms with E-state index in [1.54, 1.807) is 6.07 Å². The van der Waals surface area contributed by atoms with Crippen LogP contribution in [0.5, 0.6) is 5.75 Å². The Morgan fingerprint density at radius 3 is 1.92 bits per heavy atom. The van der Waals surface area contributed by atoms with E-state index in [9.17, 15) is 49.4 Å². The Labute approximate surface area is 211 Å². The normalized spacial score (nSPS) is 27.3. The SMILES string of the molecule is O=C(O)C1NC(C(C(F)(F)F)C(F)(F)F)C2CN(Cc3cc(CN4CCCC4)cc(OC(F)(F)F)c3)CC12. The number of carboxylic acid groups (broad SMARTS) is 1. The summed E-state index contributed by atoms with van der Waals surface area (Å²) in [4.78, 5) is 15.2. The average Bonchev–Trinajstić information content (AvgIpc) is 3.43. The number of alkyl halides is 9. The number of hydrogen-bond acceptors (Lipinski definition) is 5. The van der Waals surface area contributed by atoms with Crippen LogP contribution in [0.2, 0.25) is 0 Å². The molecule has 0 bridgehead atoms. The Hall–Kier alpha value is -2.26. The minimum atomic E-state index is -5.66. The number of fused-ring (bicyclic) bond motifs is 1. The van der Waals surface area contributed by atoms with Crippen LogP contribution in [-0.2, 0) is 17.9 Å². The van der Waals surface area contributed by atoms with Gasteiger partial charge in [0.15, 0.2) is 5.92 Å². The summed E-state index contributed by atoms with van der Waals surface area (Å²) in [5.74, 6) is -8.16. The van der Waals surface area contributed by atoms with Gasteiger partial charge >= 0.3 is 24.7 Å². The van der Waals surface area contributed by atoms with Gasteiger partial charge < -0.3 is 15.2 Å². The summed E-state index contributed by atoms with van der Waals surface area (Å²) >= 11 is 0. The zero-order chi connectivity index (χ0) is 28.0. The van der Waals surface area contributed by atoms with Gasteiger partial charge in [0.05, 0.1) is 0 Å². The molecule has 1 aromatic carbocycles. The van der Waals surface area contributed by atoms with Gasteiger partial charge in [-0.15, -0.1) is 13.2 Å². The van der Waals surface area contributed by atoms with Crippen molar-refractivity contribution in [3.8, 4) is 5.75 Å². The summed E-state index contributed by atoms with van der Waals surface area (Å²) in [5, 5.41) is 11.5. The molecule has 3 saturated heterocycles. The molecule has 0 saturated carbocycles. The highest BCUT2D eigenvalue weighted by molar-refractivity contribution is 5.74. The highest BCUT2D eigenvalue weighted by atomic mass is 19.4. The van der Waals surface area contributed by atoms with Gasteiger partial charge in [0, 0.05) is 38.1 Å². The van der Waals surface area contributed by atoms with E-state index < -0.39 is 60.3 Å². The van der Waals surface area contributed by atoms with E-state index in [2.05, 4.69) is 10.1 Å². The molecule has 3 fully saturated rings. The van der Waals surface area contributed by atoms with Crippen LogP contribution in [0.25, 0.3) is 0 Å². The lowest BCUT2D eigenvalue weighted by Crippen LogP contribution is -2.53. The lowest BCUT2D eigenvalue weighted by Gasteiger charge is -2.32. The molecule has 214 valence electrons. The first-order chi connectivity index (χ1) is 17.5. The summed E-state index contributed by atoms with van der Waals surface area (Å²) in [5.41, 5.74) is 0.834. The third-order valence-electron chi connectivity index (χ3n) is 7.35. The lowest BCUT2D eigenvalue weighted by molar-refractivity contribution is -0.293. The number of carbonyl (C=O) groups is 1. The molecule has 0 aromatic heterocycles. The highest BCUT2D eigenvalue weighted by Gasteiger charge is 2.66. The van der Waals surface area contributed by atoms with Crippen molar-refractivity contribution in [2.45, 2.75) is 56.7 Å². The minimum Gasteiger partial charge on any atom is -0.480 e. The molecule has 4 rings (SSSR count). The molecule has 0 spiro atoms. The maximum atomic E-state index is 13.5. The van der Waals surface area contributed by atoms with E-state index in [4.69, 9.17) is 0 Å². The Bertz CT molecular complexity index is 995. The molecule has 3 heterocycles. The highest BCUT2D eigenvalue weighted by Crippen LogP contribution is 2.48. The minimum absolute atomic E-state index is 0.100. The van der Waals surface area contributed by atoms with Gasteiger partial charge in [0.2, 0.25) is 0 Å². The molecule has 2 N–H and O–H groups in total. The molecule has 0 aliphatic carbocycles. The van der Waals surface area contributed by atoms with Crippen LogP contribution in [0.1, 0.15) is 24.0 Å². The van der Waals surface area contributed by atoms with Crippen LogP contribution in [0.4, 0.5) is 39.5 Å². The van der Waals surface area contributed by atoms with Crippen molar-refractivity contribution in [1.82, 2.24) is 15.1 Å². The van der Waals surface area contributed by atoms with E-state index in [1.165, 1.54) is 11.0 Å². The molecule has 6 nitrogen and oxygen atoms in total. The van der Waals surface area contributed by atoms with E-state index in [1.807, 2.05) is 4.90 Å². The number of likely N-dealkylation sites (tertiary alicyclic amines) is 2. The predicted molar refractivity (Wildman–Crippen MR) is 114 cm³/mol. The number of nitrogens with one attached hydrogen (secondary N) is 1. The third-order valence-corrected chi connectivity index (χ3v) is 7.35. The fraction of sp³-hybridized carbons (Fsp3) is 0.696. The summed E-state index contributed by atoms with van der Waals surface area (Å²) in [6, 6.07) is 0.137. The Morgan fingerprint density at radius 2 is 1.42 bits per heavy atom. The van der Waals surface area contributed by atoms with Crippen LogP contribution < -0.4 is 10.1 Å². The molecule has 3 aliphatic heterocycles. The van der Waals surface area contributed by atoms with Gasteiger partial charge in [-0.2, -0.15) is 26.3 Å². The Morgan fingerprint density at radius 1 is 0.895 bits per heavy atom. The van der Waals surface area contributed by atoms with Gasteiger partial charge in [0.25, 0.3) is 0 Å². The van der Waals surface area contributed by atoms with Crippen LogP contribution >= 0.6 is 0 Å². The molecule has 0 amide bonds. The quantitative estimate of drug-likeness (QED) is 0.480. The van der Waals surface area contributed by atoms with Crippen molar-refractivity contribution >= 4 is 5.97 Å². The second-order valence-electron chi connectivity index (χ2n) is 10.1. The van der Waals surface area contributed by atoms with Gasteiger partial charge in [-0.1, -0.05) is 6.07 Å². The van der Waals surface area contributed by atoms with Gasteiger partial charge in [-0.05, 0) is 55.1 Å². The van der Waals surface area contributed by atoms with E-state index in [-0.39, 0.29) is 19.6 Å². The number of benzene rings is 1. The van der Waals surface area contributed by atoms with Crippen LogP contribution in [0, 0.1) is 17.8 Å². The molecular weight excluding hydrogens is 537 g/mol. The van der Waals surface area contributed by atoms with Crippen molar-refractivity contribution in [3.63, 3.8) is 0 Å². The summed E-state index contributed by atoms with van der Waals surface area (Å²) < 4.78 is 124. The average molecular weight is 563 g/mol. The van der Waals surface area contributed by atoms with Crippen molar-refractivity contribution in [2.75, 3.05) is 26.2 Å². The number of ether oxygens (including phenoxy) is 1. The second kappa shape index (κ2) is 10.4. The number of hydrogen-bond donors (Lipinski definition) is 2. The van der Waals surface area contributed by atoms with Crippen molar-refractivity contribution in [2.24, 2.45) is 17.8 Å². The third kappa shape index (κ3) is 6.65. The molecule has 38 heavy (non-hydrogen) atoms. The second-order valence-corrected chi connectivity index (χ2v) is 10.1. The van der Waals surface area contributed by atoms with Crippen LogP contribution in [0.15, 0.2) is 18.2 Å². The predicted octanol–water partition coefficient (Wildman–Crippen LogP) is 4.39. The molecular formula is C23H26F9N3O3. The number of nitrogens with zero attached hydrogens (tertiary/aromatic N) is 2. The van der Waals surface area contributed by atoms with Crippen molar-refractivity contribution in [3.05, 3.63) is 29.3 Å². The summed E-state index contributed by atoms with van der Waals surface area (Å²) in [6.45, 7) is 1.34. The molecule has 1 aromatic rings. The lowest BCUT2D eigenvalue weighted by atomic mass is 9.84. The largest absolute Gasteiger partial charge is 0.573 e. The number of carboxylic acids is 1. The van der Waals surface area contributed by atoms with Crippen molar-refractivity contribution in [1.29, 1.82) is 0 Å². The topological polar surface area (TPSA) is 65.0 Å². The molecule has 3 aliphatic rings. The molecule has 4 atom stereocenters. The maximum Gasteiger partial charge on any atom is 0.573 e. The zero-order valence-corrected chi connectivity index (χ0v) is 19.8. The first kappa shape index (κ1) is 28.7. The van der Waals surface area contributed by atoms with Crippen LogP contribution in [-0.4, -0.2) is 77.9 Å². The van der Waals surface area contributed by atoms with Gasteiger partial charge in [-0.3, -0.25) is 14.6 Å². The first-order valence-electron chi connectivity index (χ1n) is 12.0. The van der Waals surface area contributed by atoms with E-state index in [0.717, 1.165) is 32.0 Å². The zero-order valence-electron chi connectivity index (χ0n) is 19.8. The number of halogens is 9. The standard InChI is InChI=1S/C23H26F9N3O3/c24-21(25,26)19(22(27,28)29)17-15-10-35(11-16(15)18(33-17)20(36)37)9-13-5-12(8-34-3-1-2-4-34)6-14(7-13)38-23(30,31)32/h5-7,15-19,33H,1-4,8-11H2,(H,36,37). The van der Waals surface area contributed by atoms with E-state index >= 15 is 0 Å². The monoisotopic (exact) mass is 563 g/mol. The fourth-order valence-electron chi connectivity index (χ4n) is 6.01. The van der Waals surface area contributed by atoms with Gasteiger partial charge in [-0.25, -0.2) is 0 Å². The van der Waals surface area contributed by atoms with Crippen LogP contribution in [0.3, 0.4) is 0 Å². The number of rotatable bonds is 7.